The number of rotatable bonds is 18. The van der Waals surface area contributed by atoms with Crippen LogP contribution in [0.3, 0.4) is 0 Å². The van der Waals surface area contributed by atoms with Crippen LogP contribution in [0, 0.1) is 0 Å². The van der Waals surface area contributed by atoms with Gasteiger partial charge in [-0.1, -0.05) is 0 Å². The lowest BCUT2D eigenvalue weighted by Gasteiger charge is -2.13. The number of hydrogen-bond acceptors (Lipinski definition) is 12. The molecule has 0 aliphatic carbocycles. The first-order valence-electron chi connectivity index (χ1n) is 9.95. The number of methoxy groups -OCH3 is 3. The molecule has 33 heavy (non-hydrogen) atoms. The molecule has 0 bridgehead atoms. The number of hydrogen-bond donors (Lipinski definition) is 0. The quantitative estimate of drug-likeness (QED) is 0.132. The molecule has 12 heteroatoms. The van der Waals surface area contributed by atoms with E-state index >= 15 is 0 Å². The van der Waals surface area contributed by atoms with Crippen molar-refractivity contribution < 1.29 is 57.0 Å². The molecule has 1 aromatic rings. The lowest BCUT2D eigenvalue weighted by Crippen LogP contribution is -2.13. The van der Waals surface area contributed by atoms with Crippen LogP contribution in [0.5, 0.6) is 17.2 Å². The van der Waals surface area contributed by atoms with Crippen molar-refractivity contribution in [3.05, 3.63) is 18.2 Å². The number of esters is 3. The third kappa shape index (κ3) is 14.0. The highest BCUT2D eigenvalue weighted by Crippen LogP contribution is 2.28. The largest absolute Gasteiger partial charge is 0.469 e. The summed E-state index contributed by atoms with van der Waals surface area (Å²) in [6.07, 6.45) is 0.178. The minimum Gasteiger partial charge on any atom is -0.469 e. The third-order valence-corrected chi connectivity index (χ3v) is 3.71. The van der Waals surface area contributed by atoms with Crippen LogP contribution < -0.4 is 14.2 Å². The maximum Gasteiger partial charge on any atom is 0.313 e. The van der Waals surface area contributed by atoms with Gasteiger partial charge >= 0.3 is 17.9 Å². The molecular weight excluding hydrogens is 444 g/mol. The van der Waals surface area contributed by atoms with E-state index in [0.717, 1.165) is 0 Å². The van der Waals surface area contributed by atoms with Gasteiger partial charge in [0.25, 0.3) is 0 Å². The van der Waals surface area contributed by atoms with E-state index in [1.807, 2.05) is 0 Å². The molecule has 0 aliphatic heterocycles. The van der Waals surface area contributed by atoms with Gasteiger partial charge in [-0.3, -0.25) is 14.4 Å². The van der Waals surface area contributed by atoms with Crippen molar-refractivity contribution in [3.63, 3.8) is 0 Å². The van der Waals surface area contributed by atoms with Crippen LogP contribution in [0.25, 0.3) is 0 Å². The van der Waals surface area contributed by atoms with E-state index < -0.39 is 17.9 Å². The van der Waals surface area contributed by atoms with E-state index in [-0.39, 0.29) is 65.2 Å². The average Bonchev–Trinajstić information content (AvgIpc) is 2.81. The fourth-order valence-corrected chi connectivity index (χ4v) is 2.10. The van der Waals surface area contributed by atoms with E-state index in [4.69, 9.17) is 33.2 Å². The predicted molar refractivity (Wildman–Crippen MR) is 111 cm³/mol. The predicted octanol–water partition coefficient (Wildman–Crippen LogP) is 1.43. The topological polar surface area (TPSA) is 134 Å². The van der Waals surface area contributed by atoms with Gasteiger partial charge in [-0.15, -0.1) is 0 Å². The second kappa shape index (κ2) is 17.6. The normalized spacial score (nSPS) is 10.4. The van der Waals surface area contributed by atoms with Crippen molar-refractivity contribution >= 4 is 17.9 Å². The lowest BCUT2D eigenvalue weighted by atomic mass is 10.3. The molecule has 0 saturated heterocycles. The Balaban J connectivity index is 2.63. The minimum atomic E-state index is -0.530. The van der Waals surface area contributed by atoms with Gasteiger partial charge in [-0.25, -0.2) is 0 Å². The second-order valence-electron chi connectivity index (χ2n) is 6.17. The van der Waals surface area contributed by atoms with Crippen molar-refractivity contribution in [1.82, 2.24) is 0 Å². The number of benzene rings is 1. The zero-order valence-electron chi connectivity index (χ0n) is 19.0. The van der Waals surface area contributed by atoms with Crippen molar-refractivity contribution in [2.45, 2.75) is 19.3 Å². The van der Waals surface area contributed by atoms with E-state index in [2.05, 4.69) is 9.47 Å². The third-order valence-electron chi connectivity index (χ3n) is 3.71. The summed E-state index contributed by atoms with van der Waals surface area (Å²) >= 11 is 0. The Labute approximate surface area is 191 Å². The van der Waals surface area contributed by atoms with Gasteiger partial charge in [0, 0.05) is 25.3 Å². The first kappa shape index (κ1) is 28.1. The van der Waals surface area contributed by atoms with Crippen molar-refractivity contribution in [3.8, 4) is 17.2 Å². The molecule has 0 N–H and O–H groups in total. The Hall–Kier alpha value is -2.93. The number of ether oxygens (including phenoxy) is 9. The van der Waals surface area contributed by atoms with E-state index in [0.29, 0.717) is 11.5 Å². The van der Waals surface area contributed by atoms with Gasteiger partial charge < -0.3 is 42.6 Å². The Morgan fingerprint density at radius 2 is 1.03 bits per heavy atom. The molecule has 1 aromatic carbocycles. The zero-order chi connectivity index (χ0) is 24.3. The highest BCUT2D eigenvalue weighted by atomic mass is 16.7. The molecular formula is C21H30O12. The Bertz CT molecular complexity index is 677. The average molecular weight is 474 g/mol. The first-order chi connectivity index (χ1) is 16.0. The Morgan fingerprint density at radius 1 is 0.606 bits per heavy atom. The summed E-state index contributed by atoms with van der Waals surface area (Å²) in [5, 5.41) is 0. The van der Waals surface area contributed by atoms with Gasteiger partial charge in [-0.05, 0) is 0 Å². The van der Waals surface area contributed by atoms with Crippen molar-refractivity contribution in [1.29, 1.82) is 0 Å². The van der Waals surface area contributed by atoms with Gasteiger partial charge in [0.2, 0.25) is 0 Å². The van der Waals surface area contributed by atoms with Gasteiger partial charge in [0.1, 0.15) is 24.0 Å². The molecule has 1 rings (SSSR count). The molecule has 0 unspecified atom stereocenters. The van der Waals surface area contributed by atoms with E-state index in [1.54, 1.807) is 0 Å². The molecule has 0 fully saturated rings. The SMILES string of the molecule is COCOCCC(=O)Oc1cc(OCOCCC(=O)OC)cc(OCOCCC(=O)OC)c1. The standard InChI is InChI=1S/C21H30O12/c1-25-13-28-9-6-21(24)33-18-11-16(31-14-29-7-4-19(22)26-2)10-17(12-18)32-15-30-8-5-20(23)27-3/h10-12H,4-9,13-15H2,1-3H3. The van der Waals surface area contributed by atoms with E-state index in [9.17, 15) is 14.4 Å². The Morgan fingerprint density at radius 3 is 1.48 bits per heavy atom. The number of carbonyl (C=O) groups is 3. The molecule has 0 radical (unpaired) electrons. The molecule has 0 aliphatic rings. The highest BCUT2D eigenvalue weighted by Gasteiger charge is 2.10. The summed E-state index contributed by atoms with van der Waals surface area (Å²) in [7, 11) is 4.05. The lowest BCUT2D eigenvalue weighted by molar-refractivity contribution is -0.143. The van der Waals surface area contributed by atoms with Crippen LogP contribution in [-0.2, 0) is 42.8 Å². The van der Waals surface area contributed by atoms with Crippen LogP contribution in [0.4, 0.5) is 0 Å². The van der Waals surface area contributed by atoms with Crippen molar-refractivity contribution in [2.24, 2.45) is 0 Å². The molecule has 0 amide bonds. The molecule has 0 aromatic heterocycles. The maximum absolute atomic E-state index is 12.0. The van der Waals surface area contributed by atoms with Crippen LogP contribution >= 0.6 is 0 Å². The molecule has 0 heterocycles. The number of carbonyl (C=O) groups excluding carboxylic acids is 3. The van der Waals surface area contributed by atoms with Gasteiger partial charge in [-0.2, -0.15) is 0 Å². The fraction of sp³-hybridized carbons (Fsp3) is 0.571. The van der Waals surface area contributed by atoms with Crippen LogP contribution in [0.15, 0.2) is 18.2 Å². The minimum absolute atomic E-state index is 0.0118. The molecule has 12 nitrogen and oxygen atoms in total. The summed E-state index contributed by atoms with van der Waals surface area (Å²) in [4.78, 5) is 34.2. The maximum atomic E-state index is 12.0. The fourth-order valence-electron chi connectivity index (χ4n) is 2.10. The summed E-state index contributed by atoms with van der Waals surface area (Å²) in [6.45, 7) is 0.109. The molecule has 186 valence electrons. The molecule has 0 spiro atoms. The zero-order valence-corrected chi connectivity index (χ0v) is 19.0. The first-order valence-corrected chi connectivity index (χ1v) is 9.95. The van der Waals surface area contributed by atoms with Gasteiger partial charge in [0.05, 0.1) is 53.3 Å². The van der Waals surface area contributed by atoms with Crippen LogP contribution in [0.2, 0.25) is 0 Å². The van der Waals surface area contributed by atoms with E-state index in [1.165, 1.54) is 39.5 Å². The Kier molecular flexibility index (Phi) is 15.0. The molecule has 0 saturated carbocycles. The summed E-state index contributed by atoms with van der Waals surface area (Å²) in [5.74, 6) is -0.583. The second-order valence-corrected chi connectivity index (χ2v) is 6.17. The van der Waals surface area contributed by atoms with Crippen LogP contribution in [0.1, 0.15) is 19.3 Å². The van der Waals surface area contributed by atoms with Gasteiger partial charge in [0.15, 0.2) is 13.6 Å². The summed E-state index contributed by atoms with van der Waals surface area (Å²) in [5.41, 5.74) is 0. The smallest absolute Gasteiger partial charge is 0.313 e. The van der Waals surface area contributed by atoms with Crippen molar-refractivity contribution in [2.75, 3.05) is 61.5 Å². The summed E-state index contributed by atoms with van der Waals surface area (Å²) in [6, 6.07) is 4.48. The molecule has 0 atom stereocenters. The highest BCUT2D eigenvalue weighted by molar-refractivity contribution is 5.72. The monoisotopic (exact) mass is 474 g/mol. The van der Waals surface area contributed by atoms with Crippen LogP contribution in [-0.4, -0.2) is 79.4 Å². The summed E-state index contributed by atoms with van der Waals surface area (Å²) < 4.78 is 45.6.